The standard InChI is InChI=1S/C21H25NOSi/c1-21(2,3)24(4,5)23-20-15-17(16-10-7-6-8-11-16)14-19-18(20)12-9-13-22-19/h6-15H,1-5H3. The van der Waals surface area contributed by atoms with Gasteiger partial charge < -0.3 is 4.43 Å². The molecule has 1 aromatic heterocycles. The molecule has 0 aliphatic rings. The minimum atomic E-state index is -1.91. The van der Waals surface area contributed by atoms with Crippen molar-refractivity contribution in [3.63, 3.8) is 0 Å². The monoisotopic (exact) mass is 335 g/mol. The summed E-state index contributed by atoms with van der Waals surface area (Å²) in [6, 6.07) is 18.8. The minimum absolute atomic E-state index is 0.157. The number of fused-ring (bicyclic) bond motifs is 1. The topological polar surface area (TPSA) is 22.1 Å². The smallest absolute Gasteiger partial charge is 0.250 e. The molecule has 24 heavy (non-hydrogen) atoms. The summed E-state index contributed by atoms with van der Waals surface area (Å²) in [5, 5.41) is 1.24. The van der Waals surface area contributed by atoms with Crippen LogP contribution in [0.1, 0.15) is 20.8 Å². The average molecular weight is 336 g/mol. The van der Waals surface area contributed by atoms with E-state index >= 15 is 0 Å². The zero-order valence-corrected chi connectivity index (χ0v) is 16.1. The summed E-state index contributed by atoms with van der Waals surface area (Å²) in [4.78, 5) is 4.56. The number of aromatic nitrogens is 1. The van der Waals surface area contributed by atoms with Crippen LogP contribution in [-0.4, -0.2) is 13.3 Å². The van der Waals surface area contributed by atoms with Gasteiger partial charge in [0.05, 0.1) is 5.52 Å². The summed E-state index contributed by atoms with van der Waals surface area (Å²) < 4.78 is 6.64. The first kappa shape index (κ1) is 16.7. The zero-order chi connectivity index (χ0) is 17.4. The Balaban J connectivity index is 2.16. The van der Waals surface area contributed by atoms with Gasteiger partial charge in [-0.05, 0) is 53.5 Å². The molecule has 0 radical (unpaired) electrons. The van der Waals surface area contributed by atoms with Crippen LogP contribution in [0.25, 0.3) is 22.0 Å². The van der Waals surface area contributed by atoms with Gasteiger partial charge in [-0.1, -0.05) is 51.1 Å². The molecular formula is C21H25NOSi. The Morgan fingerprint density at radius 1 is 0.875 bits per heavy atom. The van der Waals surface area contributed by atoms with Gasteiger partial charge in [0.2, 0.25) is 0 Å². The Labute approximate surface area is 145 Å². The highest BCUT2D eigenvalue weighted by Crippen LogP contribution is 2.40. The van der Waals surface area contributed by atoms with Crippen molar-refractivity contribution in [2.75, 3.05) is 0 Å². The molecule has 0 aliphatic heterocycles. The first-order chi connectivity index (χ1) is 11.3. The maximum Gasteiger partial charge on any atom is 0.250 e. The Bertz CT molecular complexity index is 851. The molecule has 0 atom stereocenters. The molecule has 2 nitrogen and oxygen atoms in total. The molecule has 2 aromatic carbocycles. The molecule has 0 bridgehead atoms. The Morgan fingerprint density at radius 3 is 2.25 bits per heavy atom. The molecule has 0 N–H and O–H groups in total. The lowest BCUT2D eigenvalue weighted by atomic mass is 10.0. The minimum Gasteiger partial charge on any atom is -0.543 e. The third kappa shape index (κ3) is 3.22. The fourth-order valence-corrected chi connectivity index (χ4v) is 3.48. The zero-order valence-electron chi connectivity index (χ0n) is 15.1. The summed E-state index contributed by atoms with van der Waals surface area (Å²) in [7, 11) is -1.91. The van der Waals surface area contributed by atoms with E-state index in [0.717, 1.165) is 22.2 Å². The summed E-state index contributed by atoms with van der Waals surface area (Å²) in [5.74, 6) is 0.950. The Morgan fingerprint density at radius 2 is 1.58 bits per heavy atom. The largest absolute Gasteiger partial charge is 0.543 e. The average Bonchev–Trinajstić information content (AvgIpc) is 2.54. The summed E-state index contributed by atoms with van der Waals surface area (Å²) >= 11 is 0. The van der Waals surface area contributed by atoms with Crippen molar-refractivity contribution in [3.05, 3.63) is 60.8 Å². The van der Waals surface area contributed by atoms with Crippen LogP contribution in [0.2, 0.25) is 18.1 Å². The molecule has 0 saturated heterocycles. The number of hydrogen-bond donors (Lipinski definition) is 0. The van der Waals surface area contributed by atoms with Crippen molar-refractivity contribution in [1.29, 1.82) is 0 Å². The highest BCUT2D eigenvalue weighted by Gasteiger charge is 2.39. The molecule has 0 fully saturated rings. The van der Waals surface area contributed by atoms with Crippen molar-refractivity contribution in [2.45, 2.75) is 38.9 Å². The van der Waals surface area contributed by atoms with Gasteiger partial charge in [0.15, 0.2) is 0 Å². The number of nitrogens with zero attached hydrogens (tertiary/aromatic N) is 1. The third-order valence-electron chi connectivity index (χ3n) is 4.96. The van der Waals surface area contributed by atoms with Gasteiger partial charge in [-0.15, -0.1) is 0 Å². The first-order valence-corrected chi connectivity index (χ1v) is 11.3. The maximum atomic E-state index is 6.64. The molecule has 3 aromatic rings. The molecule has 0 spiro atoms. The molecule has 0 amide bonds. The second-order valence-corrected chi connectivity index (χ2v) is 12.5. The molecule has 0 saturated carbocycles. The third-order valence-corrected chi connectivity index (χ3v) is 9.30. The van der Waals surface area contributed by atoms with Gasteiger partial charge >= 0.3 is 0 Å². The lowest BCUT2D eigenvalue weighted by Crippen LogP contribution is -2.43. The van der Waals surface area contributed by atoms with E-state index in [0.29, 0.717) is 0 Å². The van der Waals surface area contributed by atoms with Gasteiger partial charge in [-0.2, -0.15) is 0 Å². The van der Waals surface area contributed by atoms with Crippen molar-refractivity contribution in [1.82, 2.24) is 4.98 Å². The molecule has 3 rings (SSSR count). The number of rotatable bonds is 3. The number of hydrogen-bond acceptors (Lipinski definition) is 2. The number of pyridine rings is 1. The quantitative estimate of drug-likeness (QED) is 0.525. The molecule has 124 valence electrons. The van der Waals surface area contributed by atoms with E-state index in [-0.39, 0.29) is 5.04 Å². The van der Waals surface area contributed by atoms with Crippen LogP contribution in [0.15, 0.2) is 60.8 Å². The van der Waals surface area contributed by atoms with E-state index in [4.69, 9.17) is 4.43 Å². The van der Waals surface area contributed by atoms with E-state index in [1.807, 2.05) is 18.3 Å². The van der Waals surface area contributed by atoms with Crippen molar-refractivity contribution in [3.8, 4) is 16.9 Å². The predicted molar refractivity (Wildman–Crippen MR) is 105 cm³/mol. The highest BCUT2D eigenvalue weighted by atomic mass is 28.4. The van der Waals surface area contributed by atoms with E-state index in [1.165, 1.54) is 5.56 Å². The molecule has 0 aliphatic carbocycles. The van der Waals surface area contributed by atoms with E-state index < -0.39 is 8.32 Å². The fraction of sp³-hybridized carbons (Fsp3) is 0.286. The second kappa shape index (κ2) is 6.06. The summed E-state index contributed by atoms with van der Waals surface area (Å²) in [5.41, 5.74) is 3.31. The van der Waals surface area contributed by atoms with Crippen molar-refractivity contribution in [2.24, 2.45) is 0 Å². The molecule has 1 heterocycles. The van der Waals surface area contributed by atoms with Crippen molar-refractivity contribution < 1.29 is 4.43 Å². The summed E-state index contributed by atoms with van der Waals surface area (Å²) in [6.07, 6.45) is 1.84. The molecule has 0 unspecified atom stereocenters. The van der Waals surface area contributed by atoms with Crippen LogP contribution in [0.5, 0.6) is 5.75 Å². The lowest BCUT2D eigenvalue weighted by Gasteiger charge is -2.36. The van der Waals surface area contributed by atoms with Crippen LogP contribution in [0, 0.1) is 0 Å². The van der Waals surface area contributed by atoms with Crippen LogP contribution < -0.4 is 4.43 Å². The first-order valence-electron chi connectivity index (χ1n) is 8.41. The summed E-state index contributed by atoms with van der Waals surface area (Å²) in [6.45, 7) is 11.4. The van der Waals surface area contributed by atoms with Gasteiger partial charge in [-0.3, -0.25) is 4.98 Å². The van der Waals surface area contributed by atoms with Gasteiger partial charge in [0.25, 0.3) is 8.32 Å². The van der Waals surface area contributed by atoms with Gasteiger partial charge in [0, 0.05) is 11.6 Å². The van der Waals surface area contributed by atoms with Crippen LogP contribution in [0.4, 0.5) is 0 Å². The second-order valence-electron chi connectivity index (χ2n) is 7.77. The maximum absolute atomic E-state index is 6.64. The Hall–Kier alpha value is -2.13. The van der Waals surface area contributed by atoms with E-state index in [1.54, 1.807) is 0 Å². The highest BCUT2D eigenvalue weighted by molar-refractivity contribution is 6.74. The molecule has 3 heteroatoms. The SMILES string of the molecule is CC(C)(C)[Si](C)(C)Oc1cc(-c2ccccc2)cc2ncccc12. The Kier molecular flexibility index (Phi) is 4.22. The van der Waals surface area contributed by atoms with Gasteiger partial charge in [-0.25, -0.2) is 0 Å². The lowest BCUT2D eigenvalue weighted by molar-refractivity contribution is 0.496. The predicted octanol–water partition coefficient (Wildman–Crippen LogP) is 6.29. The van der Waals surface area contributed by atoms with Crippen LogP contribution >= 0.6 is 0 Å². The fourth-order valence-electron chi connectivity index (χ4n) is 2.46. The molecular weight excluding hydrogens is 310 g/mol. The van der Waals surface area contributed by atoms with Crippen LogP contribution in [-0.2, 0) is 0 Å². The normalized spacial score (nSPS) is 12.4. The van der Waals surface area contributed by atoms with Gasteiger partial charge in [0.1, 0.15) is 5.75 Å². The van der Waals surface area contributed by atoms with Crippen molar-refractivity contribution >= 4 is 19.2 Å². The van der Waals surface area contributed by atoms with E-state index in [2.05, 4.69) is 81.3 Å². The number of benzene rings is 2. The van der Waals surface area contributed by atoms with Crippen LogP contribution in [0.3, 0.4) is 0 Å². The van der Waals surface area contributed by atoms with E-state index in [9.17, 15) is 0 Å².